The number of anilines is 1. The molecule has 0 saturated heterocycles. The Hall–Kier alpha value is -3.60. The molecule has 2 amide bonds. The van der Waals surface area contributed by atoms with Gasteiger partial charge in [0.25, 0.3) is 5.91 Å². The van der Waals surface area contributed by atoms with Crippen LogP contribution in [-0.4, -0.2) is 18.9 Å². The molecule has 0 aliphatic rings. The molecule has 3 rings (SSSR count). The van der Waals surface area contributed by atoms with E-state index in [9.17, 15) is 9.59 Å². The summed E-state index contributed by atoms with van der Waals surface area (Å²) in [5.41, 5.74) is 2.09. The highest BCUT2D eigenvalue weighted by Crippen LogP contribution is 2.21. The lowest BCUT2D eigenvalue weighted by atomic mass is 10.1. The van der Waals surface area contributed by atoms with E-state index in [0.717, 1.165) is 11.3 Å². The van der Waals surface area contributed by atoms with Crippen LogP contribution >= 0.6 is 0 Å². The van der Waals surface area contributed by atoms with Gasteiger partial charge in [-0.25, -0.2) is 0 Å². The first-order valence-corrected chi connectivity index (χ1v) is 8.58. The van der Waals surface area contributed by atoms with Crippen LogP contribution in [0.2, 0.25) is 0 Å². The summed E-state index contributed by atoms with van der Waals surface area (Å²) in [6, 6.07) is 23.6. The molecule has 5 heteroatoms. The van der Waals surface area contributed by atoms with Crippen molar-refractivity contribution in [3.05, 3.63) is 90.0 Å². The zero-order valence-corrected chi connectivity index (χ0v) is 14.9. The van der Waals surface area contributed by atoms with Crippen LogP contribution in [0, 0.1) is 0 Å². The van der Waals surface area contributed by atoms with Gasteiger partial charge in [-0.2, -0.15) is 0 Å². The predicted molar refractivity (Wildman–Crippen MR) is 105 cm³/mol. The molecule has 3 aromatic rings. The molecule has 0 aliphatic heterocycles. The van der Waals surface area contributed by atoms with E-state index in [-0.39, 0.29) is 11.8 Å². The van der Waals surface area contributed by atoms with Crippen molar-refractivity contribution >= 4 is 17.5 Å². The molecule has 27 heavy (non-hydrogen) atoms. The van der Waals surface area contributed by atoms with Crippen LogP contribution in [0.25, 0.3) is 0 Å². The Morgan fingerprint density at radius 3 is 2.07 bits per heavy atom. The Balaban J connectivity index is 1.60. The van der Waals surface area contributed by atoms with E-state index in [1.165, 1.54) is 0 Å². The first-order valence-electron chi connectivity index (χ1n) is 8.58. The van der Waals surface area contributed by atoms with Crippen molar-refractivity contribution in [3.8, 4) is 11.5 Å². The fourth-order valence-corrected chi connectivity index (χ4v) is 2.48. The number of carbonyl (C=O) groups excluding carboxylic acids is 2. The fourth-order valence-electron chi connectivity index (χ4n) is 2.48. The van der Waals surface area contributed by atoms with Crippen LogP contribution in [0.1, 0.15) is 15.9 Å². The van der Waals surface area contributed by atoms with Gasteiger partial charge in [0.15, 0.2) is 0 Å². The molecule has 0 radical (unpaired) electrons. The average molecular weight is 360 g/mol. The van der Waals surface area contributed by atoms with E-state index >= 15 is 0 Å². The Kier molecular flexibility index (Phi) is 5.84. The minimum atomic E-state index is -0.208. The highest BCUT2D eigenvalue weighted by Gasteiger charge is 2.07. The molecule has 0 aromatic heterocycles. The molecule has 136 valence electrons. The molecule has 0 fully saturated rings. The van der Waals surface area contributed by atoms with Gasteiger partial charge >= 0.3 is 0 Å². The summed E-state index contributed by atoms with van der Waals surface area (Å²) in [4.78, 5) is 23.8. The SMILES string of the molecule is CNC(=O)Cc1ccc(NC(=O)c2ccc(Oc3ccccc3)cc2)cc1. The zero-order valence-electron chi connectivity index (χ0n) is 14.9. The summed E-state index contributed by atoms with van der Waals surface area (Å²) in [5, 5.41) is 5.42. The molecular formula is C22H20N2O3. The third-order valence-electron chi connectivity index (χ3n) is 3.95. The molecule has 0 unspecified atom stereocenters. The van der Waals surface area contributed by atoms with Gasteiger partial charge in [-0.05, 0) is 54.1 Å². The molecule has 0 heterocycles. The minimum Gasteiger partial charge on any atom is -0.457 e. The predicted octanol–water partition coefficient (Wildman–Crippen LogP) is 4.02. The summed E-state index contributed by atoms with van der Waals surface area (Å²) in [5.74, 6) is 1.15. The highest BCUT2D eigenvalue weighted by molar-refractivity contribution is 6.04. The first kappa shape index (κ1) is 18.2. The average Bonchev–Trinajstić information content (AvgIpc) is 2.70. The smallest absolute Gasteiger partial charge is 0.255 e. The van der Waals surface area contributed by atoms with E-state index < -0.39 is 0 Å². The van der Waals surface area contributed by atoms with Gasteiger partial charge in [-0.1, -0.05) is 30.3 Å². The molecule has 0 aliphatic carbocycles. The van der Waals surface area contributed by atoms with Crippen LogP contribution in [0.4, 0.5) is 5.69 Å². The van der Waals surface area contributed by atoms with Crippen molar-refractivity contribution in [1.29, 1.82) is 0 Å². The maximum atomic E-state index is 12.4. The molecule has 5 nitrogen and oxygen atoms in total. The normalized spacial score (nSPS) is 10.1. The van der Waals surface area contributed by atoms with Gasteiger partial charge in [0.1, 0.15) is 11.5 Å². The standard InChI is InChI=1S/C22H20N2O3/c1-23-21(25)15-16-7-11-18(12-8-16)24-22(26)17-9-13-20(14-10-17)27-19-5-3-2-4-6-19/h2-14H,15H2,1H3,(H,23,25)(H,24,26). The number of amides is 2. The summed E-state index contributed by atoms with van der Waals surface area (Å²) >= 11 is 0. The number of rotatable bonds is 6. The Morgan fingerprint density at radius 2 is 1.44 bits per heavy atom. The number of likely N-dealkylation sites (N-methyl/N-ethyl adjacent to an activating group) is 1. The lowest BCUT2D eigenvalue weighted by Gasteiger charge is -2.08. The van der Waals surface area contributed by atoms with Gasteiger partial charge < -0.3 is 15.4 Å². The second kappa shape index (κ2) is 8.67. The summed E-state index contributed by atoms with van der Waals surface area (Å²) in [7, 11) is 1.60. The van der Waals surface area contributed by atoms with Crippen LogP contribution in [0.5, 0.6) is 11.5 Å². The van der Waals surface area contributed by atoms with Gasteiger partial charge in [-0.15, -0.1) is 0 Å². The second-order valence-corrected chi connectivity index (χ2v) is 5.94. The number of benzene rings is 3. The monoisotopic (exact) mass is 360 g/mol. The molecule has 0 atom stereocenters. The number of hydrogen-bond acceptors (Lipinski definition) is 3. The van der Waals surface area contributed by atoms with E-state index in [1.54, 1.807) is 43.4 Å². The lowest BCUT2D eigenvalue weighted by Crippen LogP contribution is -2.19. The third kappa shape index (κ3) is 5.19. The van der Waals surface area contributed by atoms with E-state index in [0.29, 0.717) is 23.4 Å². The summed E-state index contributed by atoms with van der Waals surface area (Å²) in [6.07, 6.45) is 0.313. The molecule has 3 aromatic carbocycles. The Bertz CT molecular complexity index is 905. The number of para-hydroxylation sites is 1. The molecule has 2 N–H and O–H groups in total. The number of hydrogen-bond donors (Lipinski definition) is 2. The molecular weight excluding hydrogens is 340 g/mol. The van der Waals surface area contributed by atoms with Gasteiger partial charge in [0, 0.05) is 18.3 Å². The second-order valence-electron chi connectivity index (χ2n) is 5.94. The van der Waals surface area contributed by atoms with Gasteiger partial charge in [0.05, 0.1) is 6.42 Å². The van der Waals surface area contributed by atoms with E-state index in [2.05, 4.69) is 10.6 Å². The number of ether oxygens (including phenoxy) is 1. The van der Waals surface area contributed by atoms with Crippen molar-refractivity contribution in [2.24, 2.45) is 0 Å². The van der Waals surface area contributed by atoms with E-state index in [4.69, 9.17) is 4.74 Å². The topological polar surface area (TPSA) is 67.4 Å². The van der Waals surface area contributed by atoms with E-state index in [1.807, 2.05) is 42.5 Å². The van der Waals surface area contributed by atoms with Crippen LogP contribution < -0.4 is 15.4 Å². The summed E-state index contributed by atoms with van der Waals surface area (Å²) < 4.78 is 5.72. The minimum absolute atomic E-state index is 0.0513. The maximum Gasteiger partial charge on any atom is 0.255 e. The van der Waals surface area contributed by atoms with Crippen molar-refractivity contribution in [2.75, 3.05) is 12.4 Å². The van der Waals surface area contributed by atoms with Crippen LogP contribution in [-0.2, 0) is 11.2 Å². The van der Waals surface area contributed by atoms with Crippen LogP contribution in [0.15, 0.2) is 78.9 Å². The van der Waals surface area contributed by atoms with Crippen molar-refractivity contribution in [1.82, 2.24) is 5.32 Å². The molecule has 0 bridgehead atoms. The summed E-state index contributed by atoms with van der Waals surface area (Å²) in [6.45, 7) is 0. The lowest BCUT2D eigenvalue weighted by molar-refractivity contribution is -0.119. The van der Waals surface area contributed by atoms with Crippen LogP contribution in [0.3, 0.4) is 0 Å². The Labute approximate surface area is 158 Å². The molecule has 0 spiro atoms. The Morgan fingerprint density at radius 1 is 0.815 bits per heavy atom. The zero-order chi connectivity index (χ0) is 19.1. The van der Waals surface area contributed by atoms with Gasteiger partial charge in [0.2, 0.25) is 5.91 Å². The molecule has 0 saturated carbocycles. The maximum absolute atomic E-state index is 12.4. The third-order valence-corrected chi connectivity index (χ3v) is 3.95. The van der Waals surface area contributed by atoms with Crippen molar-refractivity contribution in [2.45, 2.75) is 6.42 Å². The fraction of sp³-hybridized carbons (Fsp3) is 0.0909. The highest BCUT2D eigenvalue weighted by atomic mass is 16.5. The van der Waals surface area contributed by atoms with Crippen molar-refractivity contribution in [3.63, 3.8) is 0 Å². The quantitative estimate of drug-likeness (QED) is 0.698. The number of carbonyl (C=O) groups is 2. The van der Waals surface area contributed by atoms with Crippen molar-refractivity contribution < 1.29 is 14.3 Å². The van der Waals surface area contributed by atoms with Gasteiger partial charge in [-0.3, -0.25) is 9.59 Å². The first-order chi connectivity index (χ1) is 13.1. The number of nitrogens with one attached hydrogen (secondary N) is 2. The largest absolute Gasteiger partial charge is 0.457 e.